The first kappa shape index (κ1) is 50.1. The summed E-state index contributed by atoms with van der Waals surface area (Å²) in [6.07, 6.45) is 10.5. The molecule has 1 rings (SSSR count). The van der Waals surface area contributed by atoms with E-state index in [0.717, 1.165) is 23.7 Å². The normalized spacial score (nSPS) is 16.8. The zero-order valence-corrected chi connectivity index (χ0v) is 34.4. The smallest absolute Gasteiger partial charge is 0.207 e. The molecule has 1 aromatic carbocycles. The second kappa shape index (κ2) is 24.5. The molecule has 1 N–H and O–H groups in total. The molecule has 0 saturated heterocycles. The number of halogens is 9. The van der Waals surface area contributed by atoms with Crippen molar-refractivity contribution in [1.82, 2.24) is 0 Å². The van der Waals surface area contributed by atoms with Gasteiger partial charge in [0, 0.05) is 12.5 Å². The van der Waals surface area contributed by atoms with Crippen LogP contribution in [0.2, 0.25) is 21.1 Å². The van der Waals surface area contributed by atoms with Crippen molar-refractivity contribution in [3.63, 3.8) is 0 Å². The van der Waals surface area contributed by atoms with E-state index < -0.39 is 72.8 Å². The Balaban J connectivity index is 0.000000982. The monoisotopic (exact) mass is 764 g/mol. The van der Waals surface area contributed by atoms with E-state index in [1.165, 1.54) is 51.4 Å². The van der Waals surface area contributed by atoms with Crippen LogP contribution < -0.4 is 4.90 Å². The van der Waals surface area contributed by atoms with E-state index in [0.29, 0.717) is 25.0 Å². The summed E-state index contributed by atoms with van der Waals surface area (Å²) in [5.41, 5.74) is -1.50. The fourth-order valence-electron chi connectivity index (χ4n) is 8.84. The zero-order valence-electron chi connectivity index (χ0n) is 33.2. The second-order valence-electron chi connectivity index (χ2n) is 16.2. The van der Waals surface area contributed by atoms with E-state index in [1.54, 1.807) is 28.1 Å². The Morgan fingerprint density at radius 3 is 1.37 bits per heavy atom. The van der Waals surface area contributed by atoms with Gasteiger partial charge in [0.05, 0.1) is 0 Å². The molecule has 0 aliphatic rings. The molecule has 0 spiro atoms. The number of alkyl halides is 7. The Morgan fingerprint density at radius 2 is 1.02 bits per heavy atom. The number of unbranched alkanes of at least 4 members (excludes halogenated alkanes) is 3. The van der Waals surface area contributed by atoms with Gasteiger partial charge in [-0.25, -0.2) is 13.7 Å². The predicted molar refractivity (Wildman–Crippen MR) is 198 cm³/mol. The third-order valence-corrected chi connectivity index (χ3v) is 17.9. The molecule has 0 fully saturated rings. The molecule has 0 aliphatic carbocycles. The van der Waals surface area contributed by atoms with Crippen LogP contribution in [0.1, 0.15) is 146 Å². The van der Waals surface area contributed by atoms with E-state index in [9.17, 15) is 39.5 Å². The standard InChI is InChI=1S/C16H18F9N.4C6H13.Al/c1-2-3-4-5-8-14(20,21)15(22,23)16(24,25)26(10-17)13-9-11(18)6-7-12(13)19;4*1-4-5-6(2)3;/h6-7,9H,2-5,8,10H2,1H3;4*6H,2,4-5H2,1,3H3;/q;;;;;-1/p+1. The molecular formula is C40H71AlF9N. The van der Waals surface area contributed by atoms with Gasteiger partial charge in [0.1, 0.15) is 18.9 Å². The lowest BCUT2D eigenvalue weighted by atomic mass is 10.0. The Morgan fingerprint density at radius 1 is 0.608 bits per heavy atom. The molecule has 5 atom stereocenters. The molecule has 302 valence electrons. The van der Waals surface area contributed by atoms with Crippen LogP contribution in [0, 0.1) is 35.3 Å². The molecule has 51 heavy (non-hydrogen) atoms. The number of hydrogen-bond donors (Lipinski definition) is 1. The van der Waals surface area contributed by atoms with Crippen molar-refractivity contribution in [3.8, 4) is 0 Å². The summed E-state index contributed by atoms with van der Waals surface area (Å²) in [5, 5.41) is 6.54. The van der Waals surface area contributed by atoms with Crippen LogP contribution in [-0.2, 0) is 0 Å². The van der Waals surface area contributed by atoms with Crippen molar-refractivity contribution in [2.75, 3.05) is 6.80 Å². The van der Waals surface area contributed by atoms with E-state index in [1.807, 2.05) is 0 Å². The molecule has 0 heterocycles. The van der Waals surface area contributed by atoms with Gasteiger partial charge in [-0.2, -0.15) is 43.1 Å². The van der Waals surface area contributed by atoms with Crippen molar-refractivity contribution in [1.29, 1.82) is 0 Å². The molecule has 5 unspecified atom stereocenters. The highest BCUT2D eigenvalue weighted by molar-refractivity contribution is 6.80. The van der Waals surface area contributed by atoms with Crippen LogP contribution in [-0.4, -0.2) is 37.8 Å². The number of benzene rings is 1. The van der Waals surface area contributed by atoms with Crippen molar-refractivity contribution in [3.05, 3.63) is 29.8 Å². The molecule has 0 radical (unpaired) electrons. The topological polar surface area (TPSA) is 4.44 Å². The summed E-state index contributed by atoms with van der Waals surface area (Å²) in [4.78, 5) is -2.23. The minimum atomic E-state index is -5.98. The van der Waals surface area contributed by atoms with Crippen molar-refractivity contribution in [2.45, 2.75) is 185 Å². The lowest BCUT2D eigenvalue weighted by Crippen LogP contribution is -3.17. The quantitative estimate of drug-likeness (QED) is 0.0415. The van der Waals surface area contributed by atoms with Crippen molar-refractivity contribution in [2.24, 2.45) is 23.7 Å². The summed E-state index contributed by atoms with van der Waals surface area (Å²) >= 11 is -1.55. The first-order valence-corrected chi connectivity index (χ1v) is 23.2. The highest BCUT2D eigenvalue weighted by Gasteiger charge is 2.77. The van der Waals surface area contributed by atoms with Crippen LogP contribution in [0.15, 0.2) is 18.2 Å². The molecule has 1 nitrogen and oxygen atoms in total. The minimum Gasteiger partial charge on any atom is -0.207 e. The van der Waals surface area contributed by atoms with E-state index in [2.05, 4.69) is 55.4 Å². The molecule has 0 aliphatic heterocycles. The van der Waals surface area contributed by atoms with E-state index in [4.69, 9.17) is 0 Å². The Hall–Kier alpha value is -0.918. The van der Waals surface area contributed by atoms with Crippen molar-refractivity contribution >= 4 is 18.8 Å². The highest BCUT2D eigenvalue weighted by atomic mass is 27.2. The maximum Gasteiger partial charge on any atom is 0.466 e. The van der Waals surface area contributed by atoms with Crippen LogP contribution >= 0.6 is 0 Å². The first-order valence-electron chi connectivity index (χ1n) is 20.0. The molecular weight excluding hydrogens is 692 g/mol. The Bertz CT molecular complexity index is 993. The SMILES string of the molecule is CCCC(C)[CH2][Al-]([CH2]C(C)CCC)([CH2]C(C)CCC)[CH2]C(C)CCC.CCCCCCC(F)(F)C(F)(F)C(F)(F)[NH+](CF)c1cc(F)ccc1F. The van der Waals surface area contributed by atoms with Crippen molar-refractivity contribution < 1.29 is 44.4 Å². The van der Waals surface area contributed by atoms with Gasteiger partial charge in [-0.15, -0.1) is 8.78 Å². The van der Waals surface area contributed by atoms with Gasteiger partial charge in [0.15, 0.2) is 11.5 Å². The van der Waals surface area contributed by atoms with Gasteiger partial charge < -0.3 is 0 Å². The van der Waals surface area contributed by atoms with Crippen LogP contribution in [0.4, 0.5) is 45.2 Å². The van der Waals surface area contributed by atoms with Gasteiger partial charge in [-0.3, -0.25) is 0 Å². The fraction of sp³-hybridized carbons (Fsp3) is 0.850. The lowest BCUT2D eigenvalue weighted by Gasteiger charge is -2.44. The summed E-state index contributed by atoms with van der Waals surface area (Å²) < 4.78 is 123. The summed E-state index contributed by atoms with van der Waals surface area (Å²) in [5.74, 6) is -10.2. The number of hydrogen-bond acceptors (Lipinski definition) is 0. The average Bonchev–Trinajstić information content (AvgIpc) is 3.01. The van der Waals surface area contributed by atoms with Gasteiger partial charge >= 0.3 is 17.9 Å². The average molecular weight is 764 g/mol. The lowest BCUT2D eigenvalue weighted by molar-refractivity contribution is -0.959. The second-order valence-corrected chi connectivity index (χ2v) is 21.5. The molecule has 0 aromatic heterocycles. The number of nitrogens with one attached hydrogen (secondary N) is 1. The third kappa shape index (κ3) is 16.5. The number of quaternary nitrogens is 1. The van der Waals surface area contributed by atoms with Crippen LogP contribution in [0.5, 0.6) is 0 Å². The maximum atomic E-state index is 14.1. The molecule has 11 heteroatoms. The minimum absolute atomic E-state index is 0.0631. The Kier molecular flexibility index (Phi) is 24.0. The molecule has 0 saturated carbocycles. The molecule has 0 amide bonds. The summed E-state index contributed by atoms with van der Waals surface area (Å²) in [7, 11) is 0. The van der Waals surface area contributed by atoms with E-state index >= 15 is 0 Å². The Labute approximate surface area is 307 Å². The summed E-state index contributed by atoms with van der Waals surface area (Å²) in [6.45, 7) is 19.2. The van der Waals surface area contributed by atoms with Gasteiger partial charge in [-0.1, -0.05) is 157 Å². The van der Waals surface area contributed by atoms with Crippen LogP contribution in [0.3, 0.4) is 0 Å². The predicted octanol–water partition coefficient (Wildman–Crippen LogP) is 14.4. The van der Waals surface area contributed by atoms with Gasteiger partial charge in [0.25, 0.3) is 0 Å². The summed E-state index contributed by atoms with van der Waals surface area (Å²) in [6, 6.07) is -4.84. The highest BCUT2D eigenvalue weighted by Crippen LogP contribution is 2.46. The fourth-order valence-corrected chi connectivity index (χ4v) is 17.8. The van der Waals surface area contributed by atoms with Crippen LogP contribution in [0.25, 0.3) is 0 Å². The van der Waals surface area contributed by atoms with Gasteiger partial charge in [-0.05, 0) is 18.6 Å². The molecule has 1 aromatic rings. The largest absolute Gasteiger partial charge is 0.466 e. The zero-order chi connectivity index (χ0) is 39.5. The first-order chi connectivity index (χ1) is 23.7. The van der Waals surface area contributed by atoms with Gasteiger partial charge in [0.2, 0.25) is 6.80 Å². The molecule has 0 bridgehead atoms. The number of rotatable bonds is 26. The maximum absolute atomic E-state index is 14.1. The van der Waals surface area contributed by atoms with E-state index in [-0.39, 0.29) is 12.5 Å². The third-order valence-electron chi connectivity index (χ3n) is 10.7.